The molecule has 1 aliphatic carbocycles. The molecule has 100 valence electrons. The number of rotatable bonds is 4. The Morgan fingerprint density at radius 2 is 2.11 bits per heavy atom. The van der Waals surface area contributed by atoms with Crippen LogP contribution in [0.15, 0.2) is 12.3 Å². The van der Waals surface area contributed by atoms with E-state index in [0.29, 0.717) is 12.2 Å². The number of carbonyl (C=O) groups excluding carboxylic acids is 1. The van der Waals surface area contributed by atoms with Gasteiger partial charge in [0.05, 0.1) is 12.2 Å². The van der Waals surface area contributed by atoms with Crippen LogP contribution in [0.1, 0.15) is 55.1 Å². The van der Waals surface area contributed by atoms with Crippen molar-refractivity contribution >= 4 is 5.97 Å². The van der Waals surface area contributed by atoms with Crippen LogP contribution in [-0.2, 0) is 11.3 Å². The molecular formula is C15H23NO2. The molecule has 0 amide bonds. The first-order valence-corrected chi connectivity index (χ1v) is 7.05. The van der Waals surface area contributed by atoms with Crippen molar-refractivity contribution in [3.05, 3.63) is 23.5 Å². The third-order valence-electron chi connectivity index (χ3n) is 3.92. The van der Waals surface area contributed by atoms with Gasteiger partial charge in [-0.3, -0.25) is 0 Å². The quantitative estimate of drug-likeness (QED) is 0.764. The van der Waals surface area contributed by atoms with E-state index in [1.165, 1.54) is 32.1 Å². The van der Waals surface area contributed by atoms with Crippen LogP contribution in [0.2, 0.25) is 0 Å². The number of hydrogen-bond donors (Lipinski definition) is 0. The number of carbonyl (C=O) groups is 1. The smallest absolute Gasteiger partial charge is 0.339 e. The molecule has 1 aromatic heterocycles. The topological polar surface area (TPSA) is 31.2 Å². The largest absolute Gasteiger partial charge is 0.462 e. The van der Waals surface area contributed by atoms with Crippen molar-refractivity contribution in [2.24, 2.45) is 5.92 Å². The average Bonchev–Trinajstić information content (AvgIpc) is 2.73. The van der Waals surface area contributed by atoms with Gasteiger partial charge in [-0.15, -0.1) is 0 Å². The molecule has 1 aromatic rings. The van der Waals surface area contributed by atoms with E-state index in [1.807, 2.05) is 26.1 Å². The first-order chi connectivity index (χ1) is 8.72. The third kappa shape index (κ3) is 2.95. The molecule has 1 heterocycles. The van der Waals surface area contributed by atoms with Crippen LogP contribution >= 0.6 is 0 Å². The van der Waals surface area contributed by atoms with Crippen LogP contribution in [0.4, 0.5) is 0 Å². The van der Waals surface area contributed by atoms with E-state index in [-0.39, 0.29) is 5.97 Å². The average molecular weight is 249 g/mol. The first kappa shape index (κ1) is 13.2. The highest BCUT2D eigenvalue weighted by molar-refractivity contribution is 5.90. The SMILES string of the molecule is CCOC(=O)c1ccn(CC2CCCCC2)c1C. The van der Waals surface area contributed by atoms with E-state index in [1.54, 1.807) is 0 Å². The number of hydrogen-bond acceptors (Lipinski definition) is 2. The zero-order valence-electron chi connectivity index (χ0n) is 11.4. The van der Waals surface area contributed by atoms with Crippen molar-refractivity contribution in [1.29, 1.82) is 0 Å². The van der Waals surface area contributed by atoms with Gasteiger partial charge >= 0.3 is 5.97 Å². The Morgan fingerprint density at radius 1 is 1.39 bits per heavy atom. The van der Waals surface area contributed by atoms with Crippen LogP contribution in [0.3, 0.4) is 0 Å². The summed E-state index contributed by atoms with van der Waals surface area (Å²) >= 11 is 0. The van der Waals surface area contributed by atoms with Gasteiger partial charge in [0.25, 0.3) is 0 Å². The maximum Gasteiger partial charge on any atom is 0.339 e. The van der Waals surface area contributed by atoms with E-state index < -0.39 is 0 Å². The van der Waals surface area contributed by atoms with Gasteiger partial charge in [-0.2, -0.15) is 0 Å². The fourth-order valence-corrected chi connectivity index (χ4v) is 2.82. The van der Waals surface area contributed by atoms with E-state index >= 15 is 0 Å². The lowest BCUT2D eigenvalue weighted by Gasteiger charge is -2.22. The minimum Gasteiger partial charge on any atom is -0.462 e. The summed E-state index contributed by atoms with van der Waals surface area (Å²) in [5.74, 6) is 0.581. The van der Waals surface area contributed by atoms with Gasteiger partial charge in [-0.25, -0.2) is 4.79 Å². The molecule has 1 saturated carbocycles. The lowest BCUT2D eigenvalue weighted by Crippen LogP contribution is -2.15. The molecule has 0 radical (unpaired) electrons. The molecule has 2 rings (SSSR count). The van der Waals surface area contributed by atoms with Crippen LogP contribution < -0.4 is 0 Å². The Hall–Kier alpha value is -1.25. The van der Waals surface area contributed by atoms with Crippen molar-refractivity contribution in [3.8, 4) is 0 Å². The number of nitrogens with zero attached hydrogens (tertiary/aromatic N) is 1. The Bertz CT molecular complexity index is 403. The summed E-state index contributed by atoms with van der Waals surface area (Å²) < 4.78 is 7.27. The Balaban J connectivity index is 2.03. The fraction of sp³-hybridized carbons (Fsp3) is 0.667. The van der Waals surface area contributed by atoms with Crippen molar-refractivity contribution in [1.82, 2.24) is 4.57 Å². The highest BCUT2D eigenvalue weighted by Crippen LogP contribution is 2.26. The summed E-state index contributed by atoms with van der Waals surface area (Å²) in [6, 6.07) is 1.89. The van der Waals surface area contributed by atoms with Gasteiger partial charge < -0.3 is 9.30 Å². The monoisotopic (exact) mass is 249 g/mol. The molecule has 1 aliphatic rings. The minimum absolute atomic E-state index is 0.197. The Morgan fingerprint density at radius 3 is 2.78 bits per heavy atom. The van der Waals surface area contributed by atoms with Crippen LogP contribution in [-0.4, -0.2) is 17.1 Å². The van der Waals surface area contributed by atoms with Crippen LogP contribution in [0.5, 0.6) is 0 Å². The van der Waals surface area contributed by atoms with Gasteiger partial charge in [0, 0.05) is 18.4 Å². The van der Waals surface area contributed by atoms with Crippen molar-refractivity contribution in [3.63, 3.8) is 0 Å². The predicted octanol–water partition coefficient (Wildman–Crippen LogP) is 3.55. The van der Waals surface area contributed by atoms with Crippen molar-refractivity contribution in [2.45, 2.75) is 52.5 Å². The zero-order chi connectivity index (χ0) is 13.0. The minimum atomic E-state index is -0.197. The standard InChI is InChI=1S/C15H23NO2/c1-3-18-15(17)14-9-10-16(12(14)2)11-13-7-5-4-6-8-13/h9-10,13H,3-8,11H2,1-2H3. The van der Waals surface area contributed by atoms with Gasteiger partial charge in [0.2, 0.25) is 0 Å². The third-order valence-corrected chi connectivity index (χ3v) is 3.92. The summed E-state index contributed by atoms with van der Waals surface area (Å²) in [7, 11) is 0. The van der Waals surface area contributed by atoms with Gasteiger partial charge in [-0.1, -0.05) is 19.3 Å². The number of esters is 1. The summed E-state index contributed by atoms with van der Waals surface area (Å²) in [5.41, 5.74) is 1.76. The molecule has 3 nitrogen and oxygen atoms in total. The highest BCUT2D eigenvalue weighted by Gasteiger charge is 2.18. The fourth-order valence-electron chi connectivity index (χ4n) is 2.82. The summed E-state index contributed by atoms with van der Waals surface area (Å²) in [6.07, 6.45) is 8.77. The van der Waals surface area contributed by atoms with Crippen LogP contribution in [0, 0.1) is 12.8 Å². The second kappa shape index (κ2) is 6.07. The highest BCUT2D eigenvalue weighted by atomic mass is 16.5. The lowest BCUT2D eigenvalue weighted by molar-refractivity contribution is 0.0525. The second-order valence-electron chi connectivity index (χ2n) is 5.19. The van der Waals surface area contributed by atoms with E-state index in [0.717, 1.165) is 18.2 Å². The first-order valence-electron chi connectivity index (χ1n) is 7.05. The number of ether oxygens (including phenoxy) is 1. The van der Waals surface area contributed by atoms with Crippen molar-refractivity contribution < 1.29 is 9.53 Å². The molecule has 0 aliphatic heterocycles. The predicted molar refractivity (Wildman–Crippen MR) is 71.7 cm³/mol. The Labute approximate surface area is 109 Å². The number of aromatic nitrogens is 1. The molecular weight excluding hydrogens is 226 g/mol. The van der Waals surface area contributed by atoms with E-state index in [4.69, 9.17) is 4.74 Å². The molecule has 0 atom stereocenters. The van der Waals surface area contributed by atoms with Gasteiger partial charge in [0.1, 0.15) is 0 Å². The van der Waals surface area contributed by atoms with E-state index in [9.17, 15) is 4.79 Å². The Kier molecular flexibility index (Phi) is 4.45. The van der Waals surface area contributed by atoms with Crippen molar-refractivity contribution in [2.75, 3.05) is 6.61 Å². The molecule has 0 spiro atoms. The summed E-state index contributed by atoms with van der Waals surface area (Å²) in [4.78, 5) is 11.7. The normalized spacial score (nSPS) is 16.8. The second-order valence-corrected chi connectivity index (χ2v) is 5.19. The lowest BCUT2D eigenvalue weighted by atomic mass is 9.89. The molecule has 0 aromatic carbocycles. The molecule has 0 bridgehead atoms. The molecule has 0 saturated heterocycles. The molecule has 18 heavy (non-hydrogen) atoms. The summed E-state index contributed by atoms with van der Waals surface area (Å²) in [6.45, 7) is 5.33. The zero-order valence-corrected chi connectivity index (χ0v) is 11.4. The summed E-state index contributed by atoms with van der Waals surface area (Å²) in [5, 5.41) is 0. The van der Waals surface area contributed by atoms with E-state index in [2.05, 4.69) is 4.57 Å². The maximum absolute atomic E-state index is 11.7. The molecule has 3 heteroatoms. The maximum atomic E-state index is 11.7. The van der Waals surface area contributed by atoms with Gasteiger partial charge in [-0.05, 0) is 38.7 Å². The molecule has 0 N–H and O–H groups in total. The molecule has 0 unspecified atom stereocenters. The van der Waals surface area contributed by atoms with Gasteiger partial charge in [0.15, 0.2) is 0 Å². The molecule has 1 fully saturated rings. The van der Waals surface area contributed by atoms with Crippen LogP contribution in [0.25, 0.3) is 0 Å².